The van der Waals surface area contributed by atoms with E-state index >= 15 is 0 Å². The van der Waals surface area contributed by atoms with Crippen molar-refractivity contribution in [1.82, 2.24) is 25.3 Å². The summed E-state index contributed by atoms with van der Waals surface area (Å²) < 4.78 is 1.74. The average Bonchev–Trinajstić information content (AvgIpc) is 2.95. The standard InChI is InChI=1S/C12H18N6OS/c1-5-18-6-8(7(2)17-18)9(19)14-12(3,4)10-15-16-11(13)20-10/h6H,5H2,1-4H3,(H2,13,16)(H,14,19). The van der Waals surface area contributed by atoms with Gasteiger partial charge in [0.15, 0.2) is 0 Å². The molecule has 0 atom stereocenters. The van der Waals surface area contributed by atoms with Gasteiger partial charge in [-0.2, -0.15) is 5.10 Å². The van der Waals surface area contributed by atoms with Crippen molar-refractivity contribution in [1.29, 1.82) is 0 Å². The fraction of sp³-hybridized carbons (Fsp3) is 0.500. The highest BCUT2D eigenvalue weighted by Gasteiger charge is 2.28. The maximum atomic E-state index is 12.4. The quantitative estimate of drug-likeness (QED) is 0.885. The molecule has 0 aliphatic carbocycles. The lowest BCUT2D eigenvalue weighted by Gasteiger charge is -2.22. The Hall–Kier alpha value is -1.96. The van der Waals surface area contributed by atoms with Crippen molar-refractivity contribution in [3.05, 3.63) is 22.5 Å². The molecule has 2 heterocycles. The summed E-state index contributed by atoms with van der Waals surface area (Å²) in [7, 11) is 0. The number of nitrogens with zero attached hydrogens (tertiary/aromatic N) is 4. The van der Waals surface area contributed by atoms with Gasteiger partial charge < -0.3 is 11.1 Å². The molecule has 0 aromatic carbocycles. The van der Waals surface area contributed by atoms with Crippen LogP contribution in [0.1, 0.15) is 41.8 Å². The Morgan fingerprint density at radius 3 is 2.70 bits per heavy atom. The van der Waals surface area contributed by atoms with Crippen LogP contribution in [-0.4, -0.2) is 25.9 Å². The molecule has 2 aromatic rings. The molecule has 2 aromatic heterocycles. The van der Waals surface area contributed by atoms with Crippen molar-refractivity contribution in [2.45, 2.75) is 39.8 Å². The molecule has 0 saturated heterocycles. The van der Waals surface area contributed by atoms with Crippen LogP contribution in [-0.2, 0) is 12.1 Å². The second-order valence-electron chi connectivity index (χ2n) is 5.01. The summed E-state index contributed by atoms with van der Waals surface area (Å²) in [5, 5.41) is 16.0. The largest absolute Gasteiger partial charge is 0.374 e. The molecule has 7 nitrogen and oxygen atoms in total. The topological polar surface area (TPSA) is 98.7 Å². The molecule has 3 N–H and O–H groups in total. The molecular weight excluding hydrogens is 276 g/mol. The van der Waals surface area contributed by atoms with Crippen LogP contribution in [0.4, 0.5) is 5.13 Å². The van der Waals surface area contributed by atoms with Crippen LogP contribution in [0.5, 0.6) is 0 Å². The highest BCUT2D eigenvalue weighted by molar-refractivity contribution is 7.15. The second-order valence-corrected chi connectivity index (χ2v) is 6.02. The first-order chi connectivity index (χ1) is 9.33. The fourth-order valence-corrected chi connectivity index (χ4v) is 2.46. The number of carbonyl (C=O) groups excluding carboxylic acids is 1. The SMILES string of the molecule is CCn1cc(C(=O)NC(C)(C)c2nnc(N)s2)c(C)n1. The zero-order valence-corrected chi connectivity index (χ0v) is 12.8. The van der Waals surface area contributed by atoms with Crippen molar-refractivity contribution in [2.75, 3.05) is 5.73 Å². The molecule has 20 heavy (non-hydrogen) atoms. The van der Waals surface area contributed by atoms with E-state index in [1.54, 1.807) is 10.9 Å². The first-order valence-corrected chi connectivity index (χ1v) is 7.11. The van der Waals surface area contributed by atoms with Gasteiger partial charge in [-0.3, -0.25) is 9.48 Å². The smallest absolute Gasteiger partial charge is 0.255 e. The van der Waals surface area contributed by atoms with E-state index in [2.05, 4.69) is 20.6 Å². The Bertz CT molecular complexity index is 630. The van der Waals surface area contributed by atoms with Gasteiger partial charge >= 0.3 is 0 Å². The maximum absolute atomic E-state index is 12.4. The lowest BCUT2D eigenvalue weighted by molar-refractivity contribution is 0.0911. The highest BCUT2D eigenvalue weighted by atomic mass is 32.1. The maximum Gasteiger partial charge on any atom is 0.255 e. The molecule has 0 fully saturated rings. The van der Waals surface area contributed by atoms with Crippen molar-refractivity contribution < 1.29 is 4.79 Å². The number of amides is 1. The molecule has 0 unspecified atom stereocenters. The van der Waals surface area contributed by atoms with Crippen molar-refractivity contribution >= 4 is 22.4 Å². The number of nitrogens with two attached hydrogens (primary N) is 1. The van der Waals surface area contributed by atoms with Gasteiger partial charge in [0.05, 0.1) is 16.8 Å². The van der Waals surface area contributed by atoms with E-state index in [1.807, 2.05) is 27.7 Å². The number of rotatable bonds is 4. The summed E-state index contributed by atoms with van der Waals surface area (Å²) in [5.74, 6) is -0.180. The zero-order chi connectivity index (χ0) is 14.9. The van der Waals surface area contributed by atoms with Gasteiger partial charge in [0, 0.05) is 12.7 Å². The Morgan fingerprint density at radius 1 is 1.50 bits per heavy atom. The number of carbonyl (C=O) groups is 1. The molecule has 2 rings (SSSR count). The van der Waals surface area contributed by atoms with Gasteiger partial charge in [0.25, 0.3) is 5.91 Å². The van der Waals surface area contributed by atoms with Crippen LogP contribution in [0.25, 0.3) is 0 Å². The van der Waals surface area contributed by atoms with Crippen LogP contribution < -0.4 is 11.1 Å². The lowest BCUT2D eigenvalue weighted by atomic mass is 10.1. The van der Waals surface area contributed by atoms with Crippen LogP contribution in [0.15, 0.2) is 6.20 Å². The predicted molar refractivity (Wildman–Crippen MR) is 77.5 cm³/mol. The van der Waals surface area contributed by atoms with Crippen LogP contribution in [0, 0.1) is 6.92 Å². The van der Waals surface area contributed by atoms with E-state index in [0.717, 1.165) is 6.54 Å². The van der Waals surface area contributed by atoms with E-state index in [1.165, 1.54) is 11.3 Å². The molecule has 1 amide bonds. The van der Waals surface area contributed by atoms with E-state index in [4.69, 9.17) is 5.73 Å². The third-order valence-corrected chi connectivity index (χ3v) is 3.99. The van der Waals surface area contributed by atoms with E-state index < -0.39 is 5.54 Å². The molecule has 0 aliphatic heterocycles. The molecule has 0 bridgehead atoms. The molecule has 108 valence electrons. The number of aryl methyl sites for hydroxylation is 2. The average molecular weight is 294 g/mol. The molecule has 0 aliphatic rings. The first-order valence-electron chi connectivity index (χ1n) is 6.29. The van der Waals surface area contributed by atoms with Gasteiger partial charge in [-0.05, 0) is 27.7 Å². The minimum atomic E-state index is -0.632. The van der Waals surface area contributed by atoms with Crippen molar-refractivity contribution in [3.8, 4) is 0 Å². The number of nitrogens with one attached hydrogen (secondary N) is 1. The number of anilines is 1. The van der Waals surface area contributed by atoms with E-state index in [-0.39, 0.29) is 5.91 Å². The van der Waals surface area contributed by atoms with Crippen molar-refractivity contribution in [3.63, 3.8) is 0 Å². The Morgan fingerprint density at radius 2 is 2.20 bits per heavy atom. The summed E-state index contributed by atoms with van der Waals surface area (Å²) in [6.07, 6.45) is 1.75. The summed E-state index contributed by atoms with van der Waals surface area (Å²) in [6, 6.07) is 0. The number of hydrogen-bond acceptors (Lipinski definition) is 6. The van der Waals surface area contributed by atoms with Gasteiger partial charge in [0.1, 0.15) is 5.01 Å². The Balaban J connectivity index is 2.20. The molecule has 0 radical (unpaired) electrons. The lowest BCUT2D eigenvalue weighted by Crippen LogP contribution is -2.41. The predicted octanol–water partition coefficient (Wildman–Crippen LogP) is 1.31. The minimum absolute atomic E-state index is 0.180. The van der Waals surface area contributed by atoms with Crippen molar-refractivity contribution in [2.24, 2.45) is 0 Å². The van der Waals surface area contributed by atoms with Crippen LogP contribution in [0.2, 0.25) is 0 Å². The third kappa shape index (κ3) is 2.79. The molecule has 0 saturated carbocycles. The summed E-state index contributed by atoms with van der Waals surface area (Å²) >= 11 is 1.27. The summed E-state index contributed by atoms with van der Waals surface area (Å²) in [5.41, 5.74) is 6.22. The molecule has 8 heteroatoms. The highest BCUT2D eigenvalue weighted by Crippen LogP contribution is 2.25. The monoisotopic (exact) mass is 294 g/mol. The van der Waals surface area contributed by atoms with Gasteiger partial charge in [-0.15, -0.1) is 10.2 Å². The zero-order valence-electron chi connectivity index (χ0n) is 12.0. The Labute approximate surface area is 121 Å². The molecule has 0 spiro atoms. The number of hydrogen-bond donors (Lipinski definition) is 2. The fourth-order valence-electron chi connectivity index (χ4n) is 1.79. The Kier molecular flexibility index (Phi) is 3.76. The third-order valence-electron chi connectivity index (χ3n) is 2.92. The van der Waals surface area contributed by atoms with Crippen LogP contribution >= 0.6 is 11.3 Å². The first kappa shape index (κ1) is 14.4. The second kappa shape index (κ2) is 5.20. The van der Waals surface area contributed by atoms with E-state index in [0.29, 0.717) is 21.4 Å². The summed E-state index contributed by atoms with van der Waals surface area (Å²) in [4.78, 5) is 12.4. The van der Waals surface area contributed by atoms with Crippen LogP contribution in [0.3, 0.4) is 0 Å². The van der Waals surface area contributed by atoms with E-state index in [9.17, 15) is 4.79 Å². The molecular formula is C12H18N6OS. The summed E-state index contributed by atoms with van der Waals surface area (Å²) in [6.45, 7) is 8.25. The van der Waals surface area contributed by atoms with Gasteiger partial charge in [-0.1, -0.05) is 11.3 Å². The normalized spacial score (nSPS) is 11.6. The number of nitrogen functional groups attached to an aromatic ring is 1. The van der Waals surface area contributed by atoms with Gasteiger partial charge in [0.2, 0.25) is 5.13 Å². The minimum Gasteiger partial charge on any atom is -0.374 e. The number of aromatic nitrogens is 4. The van der Waals surface area contributed by atoms with Gasteiger partial charge in [-0.25, -0.2) is 0 Å².